The van der Waals surface area contributed by atoms with Gasteiger partial charge in [0.05, 0.1) is 0 Å². The molecule has 0 aliphatic carbocycles. The number of nitrogens with one attached hydrogen (secondary N) is 1. The molecule has 4 heterocycles. The largest absolute Gasteiger partial charge is 0.367 e. The van der Waals surface area contributed by atoms with Crippen LogP contribution in [0.5, 0.6) is 0 Å². The predicted molar refractivity (Wildman–Crippen MR) is 87.9 cm³/mol. The number of hydrogen-bond donors (Lipinski definition) is 1. The molecule has 3 aromatic rings. The lowest BCUT2D eigenvalue weighted by molar-refractivity contribution is 0.615. The Kier molecular flexibility index (Phi) is 3.22. The van der Waals surface area contributed by atoms with Gasteiger partial charge in [-0.15, -0.1) is 0 Å². The van der Waals surface area contributed by atoms with E-state index in [4.69, 9.17) is 0 Å². The van der Waals surface area contributed by atoms with E-state index in [-0.39, 0.29) is 0 Å². The van der Waals surface area contributed by atoms with Gasteiger partial charge in [0.25, 0.3) is 0 Å². The molecule has 3 aromatic heterocycles. The number of aromatic nitrogens is 3. The molecule has 1 unspecified atom stereocenters. The van der Waals surface area contributed by atoms with E-state index in [1.54, 1.807) is 6.20 Å². The van der Waals surface area contributed by atoms with Crippen molar-refractivity contribution in [1.82, 2.24) is 15.0 Å². The second-order valence-electron chi connectivity index (χ2n) is 5.90. The number of aryl methyl sites for hydroxylation is 2. The highest BCUT2D eigenvalue weighted by atomic mass is 15.0. The van der Waals surface area contributed by atoms with E-state index in [1.807, 2.05) is 19.1 Å². The van der Waals surface area contributed by atoms with Crippen molar-refractivity contribution < 1.29 is 0 Å². The molecule has 0 amide bonds. The van der Waals surface area contributed by atoms with Gasteiger partial charge in [-0.05, 0) is 55.7 Å². The van der Waals surface area contributed by atoms with Crippen LogP contribution in [0.1, 0.15) is 23.4 Å². The van der Waals surface area contributed by atoms with Crippen LogP contribution in [0.15, 0.2) is 42.6 Å². The molecule has 0 saturated heterocycles. The average Bonchev–Trinajstić information content (AvgIpc) is 2.54. The number of hydrogen-bond acceptors (Lipinski definition) is 4. The van der Waals surface area contributed by atoms with Crippen LogP contribution in [0.25, 0.3) is 11.0 Å². The first-order valence-corrected chi connectivity index (χ1v) is 7.72. The summed E-state index contributed by atoms with van der Waals surface area (Å²) in [5.41, 5.74) is 4.28. The summed E-state index contributed by atoms with van der Waals surface area (Å²) < 4.78 is 0. The van der Waals surface area contributed by atoms with Gasteiger partial charge in [-0.3, -0.25) is 0 Å². The summed E-state index contributed by atoms with van der Waals surface area (Å²) in [6, 6.07) is 12.8. The first-order chi connectivity index (χ1) is 10.8. The number of rotatable bonds is 2. The molecule has 4 heteroatoms. The van der Waals surface area contributed by atoms with Gasteiger partial charge < -0.3 is 5.32 Å². The van der Waals surface area contributed by atoms with Crippen LogP contribution in [0, 0.1) is 6.92 Å². The van der Waals surface area contributed by atoms with Crippen LogP contribution in [0.2, 0.25) is 0 Å². The lowest BCUT2D eigenvalue weighted by atomic mass is 9.97. The van der Waals surface area contributed by atoms with Crippen molar-refractivity contribution in [2.24, 2.45) is 0 Å². The monoisotopic (exact) mass is 290 g/mol. The summed E-state index contributed by atoms with van der Waals surface area (Å²) in [4.78, 5) is 13.6. The summed E-state index contributed by atoms with van der Waals surface area (Å²) in [6.45, 7) is 2.03. The molecule has 4 rings (SSSR count). The van der Waals surface area contributed by atoms with E-state index >= 15 is 0 Å². The van der Waals surface area contributed by atoms with Crippen molar-refractivity contribution in [3.63, 3.8) is 0 Å². The minimum absolute atomic E-state index is 0.385. The normalized spacial score (nSPS) is 17.0. The fourth-order valence-corrected chi connectivity index (χ4v) is 3.02. The Labute approximate surface area is 129 Å². The molecule has 4 nitrogen and oxygen atoms in total. The topological polar surface area (TPSA) is 50.7 Å². The number of pyridine rings is 3. The molecule has 22 heavy (non-hydrogen) atoms. The maximum Gasteiger partial charge on any atom is 0.159 e. The molecule has 0 saturated carbocycles. The van der Waals surface area contributed by atoms with E-state index in [0.29, 0.717) is 6.04 Å². The van der Waals surface area contributed by atoms with Gasteiger partial charge in [-0.25, -0.2) is 15.0 Å². The molecule has 0 radical (unpaired) electrons. The average molecular weight is 290 g/mol. The maximum absolute atomic E-state index is 4.67. The van der Waals surface area contributed by atoms with Crippen LogP contribution >= 0.6 is 0 Å². The molecule has 1 aliphatic heterocycles. The third-order valence-electron chi connectivity index (χ3n) is 4.20. The smallest absolute Gasteiger partial charge is 0.159 e. The van der Waals surface area contributed by atoms with Crippen molar-refractivity contribution >= 4 is 16.9 Å². The molecule has 1 aliphatic rings. The molecule has 0 spiro atoms. The summed E-state index contributed by atoms with van der Waals surface area (Å²) in [7, 11) is 0. The van der Waals surface area contributed by atoms with Gasteiger partial charge >= 0.3 is 0 Å². The van der Waals surface area contributed by atoms with Crippen LogP contribution < -0.4 is 5.32 Å². The maximum atomic E-state index is 4.67. The number of nitrogens with zero attached hydrogens (tertiary/aromatic N) is 3. The summed E-state index contributed by atoms with van der Waals surface area (Å²) in [5, 5.41) is 4.65. The van der Waals surface area contributed by atoms with E-state index < -0.39 is 0 Å². The van der Waals surface area contributed by atoms with Crippen molar-refractivity contribution in [3.05, 3.63) is 59.5 Å². The van der Waals surface area contributed by atoms with Crippen molar-refractivity contribution in [1.29, 1.82) is 0 Å². The lowest BCUT2D eigenvalue weighted by Gasteiger charge is -2.26. The van der Waals surface area contributed by atoms with Crippen molar-refractivity contribution in [2.75, 3.05) is 5.32 Å². The molecule has 0 fully saturated rings. The summed E-state index contributed by atoms with van der Waals surface area (Å²) in [6.07, 6.45) is 4.88. The van der Waals surface area contributed by atoms with Gasteiger partial charge in [0, 0.05) is 35.4 Å². The SMILES string of the molecule is Cc1ccc2c(n1)NC(Cc1ccc3cccnc3n1)CC2. The summed E-state index contributed by atoms with van der Waals surface area (Å²) in [5.74, 6) is 1.04. The van der Waals surface area contributed by atoms with Crippen molar-refractivity contribution in [3.8, 4) is 0 Å². The Morgan fingerprint density at radius 1 is 1.14 bits per heavy atom. The van der Waals surface area contributed by atoms with Crippen LogP contribution in [0.4, 0.5) is 5.82 Å². The second kappa shape index (κ2) is 5.37. The Hall–Kier alpha value is -2.49. The highest BCUT2D eigenvalue weighted by molar-refractivity contribution is 5.74. The predicted octanol–water partition coefficient (Wildman–Crippen LogP) is 3.30. The van der Waals surface area contributed by atoms with Crippen LogP contribution in [-0.2, 0) is 12.8 Å². The zero-order valence-electron chi connectivity index (χ0n) is 12.6. The third-order valence-corrected chi connectivity index (χ3v) is 4.20. The quantitative estimate of drug-likeness (QED) is 0.786. The molecular weight excluding hydrogens is 272 g/mol. The van der Waals surface area contributed by atoms with Gasteiger partial charge in [0.1, 0.15) is 5.82 Å². The van der Waals surface area contributed by atoms with Gasteiger partial charge in [0.15, 0.2) is 5.65 Å². The second-order valence-corrected chi connectivity index (χ2v) is 5.90. The van der Waals surface area contributed by atoms with Crippen LogP contribution in [0.3, 0.4) is 0 Å². The molecule has 1 atom stereocenters. The Balaban J connectivity index is 1.55. The molecule has 1 N–H and O–H groups in total. The lowest BCUT2D eigenvalue weighted by Crippen LogP contribution is -2.28. The van der Waals surface area contributed by atoms with E-state index in [2.05, 4.69) is 44.5 Å². The zero-order chi connectivity index (χ0) is 14.9. The molecular formula is C18H18N4. The van der Waals surface area contributed by atoms with Crippen LogP contribution in [-0.4, -0.2) is 21.0 Å². The van der Waals surface area contributed by atoms with Crippen molar-refractivity contribution in [2.45, 2.75) is 32.2 Å². The van der Waals surface area contributed by atoms with E-state index in [1.165, 1.54) is 5.56 Å². The summed E-state index contributed by atoms with van der Waals surface area (Å²) >= 11 is 0. The fraction of sp³-hybridized carbons (Fsp3) is 0.278. The number of anilines is 1. The number of fused-ring (bicyclic) bond motifs is 2. The molecule has 110 valence electrons. The molecule has 0 bridgehead atoms. The Morgan fingerprint density at radius 2 is 2.09 bits per heavy atom. The fourth-order valence-electron chi connectivity index (χ4n) is 3.02. The molecule has 0 aromatic carbocycles. The zero-order valence-corrected chi connectivity index (χ0v) is 12.6. The van der Waals surface area contributed by atoms with E-state index in [9.17, 15) is 0 Å². The first-order valence-electron chi connectivity index (χ1n) is 7.72. The Bertz CT molecular complexity index is 828. The first kappa shape index (κ1) is 13.2. The van der Waals surface area contributed by atoms with Gasteiger partial charge in [-0.1, -0.05) is 6.07 Å². The minimum Gasteiger partial charge on any atom is -0.367 e. The van der Waals surface area contributed by atoms with E-state index in [0.717, 1.165) is 47.5 Å². The Morgan fingerprint density at radius 3 is 3.05 bits per heavy atom. The van der Waals surface area contributed by atoms with Gasteiger partial charge in [0.2, 0.25) is 0 Å². The highest BCUT2D eigenvalue weighted by Crippen LogP contribution is 2.24. The third kappa shape index (κ3) is 2.52. The minimum atomic E-state index is 0.385. The van der Waals surface area contributed by atoms with Gasteiger partial charge in [-0.2, -0.15) is 0 Å². The standard InChI is InChI=1S/C18H18N4/c1-12-4-5-14-7-9-16(22-18(14)20-12)11-15-8-6-13-3-2-10-19-17(13)21-15/h2-6,8,10,16H,7,9,11H2,1H3,(H,20,22). The highest BCUT2D eigenvalue weighted by Gasteiger charge is 2.19.